The summed E-state index contributed by atoms with van der Waals surface area (Å²) in [7, 11) is 2.81. The van der Waals surface area contributed by atoms with Gasteiger partial charge in [-0.15, -0.1) is 0 Å². The predicted molar refractivity (Wildman–Crippen MR) is 70.4 cm³/mol. The van der Waals surface area contributed by atoms with Gasteiger partial charge in [0, 0.05) is 38.2 Å². The van der Waals surface area contributed by atoms with Crippen molar-refractivity contribution in [3.05, 3.63) is 27.2 Å². The van der Waals surface area contributed by atoms with Crippen LogP contribution in [0.4, 0.5) is 0 Å². The fourth-order valence-corrected chi connectivity index (χ4v) is 2.36. The summed E-state index contributed by atoms with van der Waals surface area (Å²) in [5.74, 6) is 0.353. The molecule has 1 rings (SSSR count). The second-order valence-corrected chi connectivity index (χ2v) is 6.95. The van der Waals surface area contributed by atoms with Crippen LogP contribution in [-0.4, -0.2) is 14.2 Å². The Labute approximate surface area is 114 Å². The molecule has 0 N–H and O–H groups in total. The van der Waals surface area contributed by atoms with E-state index in [2.05, 4.69) is 0 Å². The fourth-order valence-electron chi connectivity index (χ4n) is 0.863. The molecule has 0 atom stereocenters. The minimum atomic E-state index is -2.78. The van der Waals surface area contributed by atoms with Crippen molar-refractivity contribution in [2.45, 2.75) is 0 Å². The second-order valence-electron chi connectivity index (χ2n) is 2.60. The van der Waals surface area contributed by atoms with Crippen molar-refractivity contribution in [2.75, 3.05) is 14.2 Å². The molecule has 3 nitrogen and oxygen atoms in total. The summed E-state index contributed by atoms with van der Waals surface area (Å²) in [5.41, 5.74) is 0. The molecule has 90 valence electrons. The van der Waals surface area contributed by atoms with Crippen LogP contribution in [-0.2, 0) is 20.9 Å². The summed E-state index contributed by atoms with van der Waals surface area (Å²) < 4.78 is 15.3. The lowest BCUT2D eigenvalue weighted by molar-refractivity contribution is 0.273. The van der Waals surface area contributed by atoms with Gasteiger partial charge in [-0.1, -0.05) is 34.8 Å². The van der Waals surface area contributed by atoms with Crippen LogP contribution in [0.5, 0.6) is 5.75 Å². The van der Waals surface area contributed by atoms with Crippen LogP contribution in [0.25, 0.3) is 0 Å². The highest BCUT2D eigenvalue weighted by atomic mass is 35.5. The molecule has 0 aliphatic heterocycles. The molecule has 0 bridgehead atoms. The Morgan fingerprint density at radius 1 is 1.06 bits per heavy atom. The number of rotatable bonds is 4. The lowest BCUT2D eigenvalue weighted by Gasteiger charge is -2.18. The number of benzene rings is 1. The Bertz CT molecular complexity index is 410. The van der Waals surface area contributed by atoms with Crippen LogP contribution < -0.4 is 4.52 Å². The number of halogens is 3. The molecule has 8 heteroatoms. The monoisotopic (exact) mass is 320 g/mol. The average molecular weight is 322 g/mol. The lowest BCUT2D eigenvalue weighted by Crippen LogP contribution is -1.96. The minimum Gasteiger partial charge on any atom is -0.424 e. The molecule has 0 aliphatic carbocycles. The predicted octanol–water partition coefficient (Wildman–Crippen LogP) is 4.54. The molecule has 0 unspecified atom stereocenters. The van der Waals surface area contributed by atoms with Crippen LogP contribution in [0.2, 0.25) is 15.1 Å². The van der Waals surface area contributed by atoms with E-state index in [4.69, 9.17) is 60.2 Å². The molecule has 16 heavy (non-hydrogen) atoms. The smallest absolute Gasteiger partial charge is 0.380 e. The first-order valence-electron chi connectivity index (χ1n) is 3.97. The van der Waals surface area contributed by atoms with E-state index in [0.29, 0.717) is 5.75 Å². The maximum absolute atomic E-state index is 5.83. The van der Waals surface area contributed by atoms with Crippen molar-refractivity contribution in [1.82, 2.24) is 0 Å². The van der Waals surface area contributed by atoms with Crippen molar-refractivity contribution in [3.8, 4) is 5.75 Å². The minimum absolute atomic E-state index is 0.263. The average Bonchev–Trinajstić information content (AvgIpc) is 2.25. The molecule has 0 spiro atoms. The standard InChI is InChI=1S/C8H8Cl3O3PS/c1-12-15(16,13-2)14-5-3-6(9)8(11)7(10)4-5/h3-4H,1-2H3. The van der Waals surface area contributed by atoms with Crippen LogP contribution in [0, 0.1) is 0 Å². The maximum atomic E-state index is 5.83. The highest BCUT2D eigenvalue weighted by molar-refractivity contribution is 8.07. The molecular formula is C8H8Cl3O3PS. The summed E-state index contributed by atoms with van der Waals surface area (Å²) in [6.07, 6.45) is 0. The van der Waals surface area contributed by atoms with Crippen molar-refractivity contribution in [1.29, 1.82) is 0 Å². The van der Waals surface area contributed by atoms with Gasteiger partial charge in [0.1, 0.15) is 5.75 Å². The molecule has 0 aromatic heterocycles. The van der Waals surface area contributed by atoms with Gasteiger partial charge in [0.05, 0.1) is 15.1 Å². The van der Waals surface area contributed by atoms with Gasteiger partial charge in [0.25, 0.3) is 0 Å². The number of hydrogen-bond acceptors (Lipinski definition) is 4. The van der Waals surface area contributed by atoms with E-state index in [1.807, 2.05) is 0 Å². The quantitative estimate of drug-likeness (QED) is 0.601. The zero-order chi connectivity index (χ0) is 12.3. The molecule has 0 saturated heterocycles. The first-order valence-corrected chi connectivity index (χ1v) is 7.66. The van der Waals surface area contributed by atoms with Gasteiger partial charge in [0.2, 0.25) is 0 Å². The largest absolute Gasteiger partial charge is 0.424 e. The number of hydrogen-bond donors (Lipinski definition) is 0. The van der Waals surface area contributed by atoms with Gasteiger partial charge in [0.15, 0.2) is 0 Å². The van der Waals surface area contributed by atoms with Crippen LogP contribution >= 0.6 is 41.5 Å². The highest BCUT2D eigenvalue weighted by Crippen LogP contribution is 2.49. The molecule has 0 fully saturated rings. The van der Waals surface area contributed by atoms with Crippen molar-refractivity contribution in [3.63, 3.8) is 0 Å². The summed E-state index contributed by atoms with van der Waals surface area (Å²) in [6, 6.07) is 2.99. The Kier molecular flexibility index (Phi) is 5.33. The van der Waals surface area contributed by atoms with Gasteiger partial charge in [-0.2, -0.15) is 0 Å². The third-order valence-corrected chi connectivity index (χ3v) is 5.27. The van der Waals surface area contributed by atoms with Crippen LogP contribution in [0.3, 0.4) is 0 Å². The highest BCUT2D eigenvalue weighted by Gasteiger charge is 2.19. The Hall–Kier alpha value is 0.460. The Balaban J connectivity index is 3.03. The van der Waals surface area contributed by atoms with Gasteiger partial charge in [-0.05, 0) is 0 Å². The van der Waals surface area contributed by atoms with E-state index < -0.39 is 6.72 Å². The normalized spacial score (nSPS) is 11.6. The molecule has 0 saturated carbocycles. The summed E-state index contributed by atoms with van der Waals surface area (Å²) >= 11 is 22.5. The SMILES string of the molecule is COP(=S)(OC)Oc1cc(Cl)c(Cl)c(Cl)c1. The molecule has 0 heterocycles. The Morgan fingerprint density at radius 2 is 1.50 bits per heavy atom. The summed E-state index contributed by atoms with van der Waals surface area (Å²) in [5, 5.41) is 0.815. The zero-order valence-electron chi connectivity index (χ0n) is 8.37. The van der Waals surface area contributed by atoms with Gasteiger partial charge >= 0.3 is 6.72 Å². The van der Waals surface area contributed by atoms with Gasteiger partial charge in [-0.25, -0.2) is 0 Å². The third-order valence-electron chi connectivity index (χ3n) is 1.62. The van der Waals surface area contributed by atoms with E-state index in [-0.39, 0.29) is 15.1 Å². The molecule has 0 radical (unpaired) electrons. The Morgan fingerprint density at radius 3 is 1.88 bits per heavy atom. The van der Waals surface area contributed by atoms with E-state index in [1.54, 1.807) is 0 Å². The van der Waals surface area contributed by atoms with Crippen molar-refractivity contribution in [2.24, 2.45) is 0 Å². The third kappa shape index (κ3) is 3.47. The first-order chi connectivity index (χ1) is 7.41. The van der Waals surface area contributed by atoms with Crippen molar-refractivity contribution >= 4 is 53.3 Å². The lowest BCUT2D eigenvalue weighted by atomic mass is 10.3. The van der Waals surface area contributed by atoms with Gasteiger partial charge < -0.3 is 13.6 Å². The van der Waals surface area contributed by atoms with Crippen molar-refractivity contribution < 1.29 is 13.6 Å². The molecule has 0 aliphatic rings. The summed E-state index contributed by atoms with van der Waals surface area (Å²) in [4.78, 5) is 0. The summed E-state index contributed by atoms with van der Waals surface area (Å²) in [6.45, 7) is -2.78. The molecule has 1 aromatic rings. The first kappa shape index (κ1) is 14.5. The van der Waals surface area contributed by atoms with Crippen LogP contribution in [0.15, 0.2) is 12.1 Å². The van der Waals surface area contributed by atoms with Crippen LogP contribution in [0.1, 0.15) is 0 Å². The van der Waals surface area contributed by atoms with E-state index in [9.17, 15) is 0 Å². The van der Waals surface area contributed by atoms with E-state index in [0.717, 1.165) is 0 Å². The van der Waals surface area contributed by atoms with Gasteiger partial charge in [-0.3, -0.25) is 0 Å². The zero-order valence-corrected chi connectivity index (χ0v) is 12.3. The van der Waals surface area contributed by atoms with E-state index in [1.165, 1.54) is 26.4 Å². The topological polar surface area (TPSA) is 27.7 Å². The second kappa shape index (κ2) is 5.87. The fraction of sp³-hybridized carbons (Fsp3) is 0.250. The van der Waals surface area contributed by atoms with E-state index >= 15 is 0 Å². The molecule has 1 aromatic carbocycles. The maximum Gasteiger partial charge on any atom is 0.380 e. The molecular weight excluding hydrogens is 313 g/mol. The molecule has 0 amide bonds.